The van der Waals surface area contributed by atoms with Crippen molar-refractivity contribution < 1.29 is 19.0 Å². The predicted molar refractivity (Wildman–Crippen MR) is 182 cm³/mol. The predicted octanol–water partition coefficient (Wildman–Crippen LogP) is 11.7. The van der Waals surface area contributed by atoms with Gasteiger partial charge in [-0.25, -0.2) is 4.79 Å². The number of carbonyl (C=O) groups is 1. The molecule has 0 saturated heterocycles. The van der Waals surface area contributed by atoms with Crippen molar-refractivity contribution in [2.24, 2.45) is 0 Å². The Bertz CT molecular complexity index is 516. The molecule has 0 aliphatic carbocycles. The molecule has 42 heavy (non-hydrogen) atoms. The van der Waals surface area contributed by atoms with Crippen molar-refractivity contribution in [1.82, 2.24) is 5.32 Å². The number of amides is 1. The quantitative estimate of drug-likeness (QED) is 0.0738. The maximum atomic E-state index is 12.4. The molecule has 0 spiro atoms. The molecule has 0 rings (SSSR count). The number of nitrogens with one attached hydrogen (secondary N) is 1. The first-order chi connectivity index (χ1) is 20.7. The molecule has 5 heteroatoms. The number of alkyl carbamates (subject to hydrolysis) is 1. The fourth-order valence-corrected chi connectivity index (χ4v) is 5.67. The van der Waals surface area contributed by atoms with Crippen molar-refractivity contribution in [1.29, 1.82) is 0 Å². The fraction of sp³-hybridized carbons (Fsp3) is 0.973. The Balaban J connectivity index is 4.01. The van der Waals surface area contributed by atoms with Crippen molar-refractivity contribution in [3.63, 3.8) is 0 Å². The summed E-state index contributed by atoms with van der Waals surface area (Å²) >= 11 is 0. The van der Waals surface area contributed by atoms with E-state index in [1.807, 2.05) is 0 Å². The minimum Gasteiger partial charge on any atom is -0.446 e. The van der Waals surface area contributed by atoms with Gasteiger partial charge in [0.2, 0.25) is 0 Å². The smallest absolute Gasteiger partial charge is 0.407 e. The average molecular weight is 598 g/mol. The summed E-state index contributed by atoms with van der Waals surface area (Å²) in [5.41, 5.74) is 0. The third-order valence-electron chi connectivity index (χ3n) is 8.45. The molecular weight excluding hydrogens is 522 g/mol. The summed E-state index contributed by atoms with van der Waals surface area (Å²) in [7, 11) is 1.67. The van der Waals surface area contributed by atoms with E-state index in [9.17, 15) is 4.79 Å². The average Bonchev–Trinajstić information content (AvgIpc) is 2.99. The van der Waals surface area contributed by atoms with Crippen LogP contribution < -0.4 is 5.32 Å². The van der Waals surface area contributed by atoms with Crippen LogP contribution in [0, 0.1) is 0 Å². The van der Waals surface area contributed by atoms with Gasteiger partial charge >= 0.3 is 6.09 Å². The number of unbranched alkanes of at least 4 members (excludes halogenated alkanes) is 23. The Morgan fingerprint density at radius 3 is 1.26 bits per heavy atom. The van der Waals surface area contributed by atoms with E-state index in [2.05, 4.69) is 19.2 Å². The normalized spacial score (nSPS) is 12.1. The SMILES string of the molecule is CCCCCCCCCCCCCCCC(CCCCCCCCCCCCCC)OC(=O)NCCCOCCOC. The summed E-state index contributed by atoms with van der Waals surface area (Å²) in [6.45, 7) is 7.00. The van der Waals surface area contributed by atoms with Crippen LogP contribution in [0.15, 0.2) is 0 Å². The maximum absolute atomic E-state index is 12.4. The minimum atomic E-state index is -0.259. The zero-order valence-corrected chi connectivity index (χ0v) is 28.8. The third-order valence-corrected chi connectivity index (χ3v) is 8.45. The first kappa shape index (κ1) is 41.2. The van der Waals surface area contributed by atoms with Crippen molar-refractivity contribution in [3.05, 3.63) is 0 Å². The van der Waals surface area contributed by atoms with Gasteiger partial charge in [0, 0.05) is 20.3 Å². The van der Waals surface area contributed by atoms with Crippen LogP contribution in [-0.4, -0.2) is 45.7 Å². The highest BCUT2D eigenvalue weighted by molar-refractivity contribution is 5.67. The van der Waals surface area contributed by atoms with Crippen molar-refractivity contribution in [2.75, 3.05) is 33.5 Å². The summed E-state index contributed by atoms with van der Waals surface area (Å²) in [5.74, 6) is 0. The Morgan fingerprint density at radius 1 is 0.500 bits per heavy atom. The first-order valence-corrected chi connectivity index (χ1v) is 18.8. The second-order valence-corrected chi connectivity index (χ2v) is 12.6. The second kappa shape index (κ2) is 36.4. The van der Waals surface area contributed by atoms with E-state index in [1.54, 1.807) is 7.11 Å². The number of ether oxygens (including phenoxy) is 3. The van der Waals surface area contributed by atoms with Gasteiger partial charge in [-0.3, -0.25) is 0 Å². The van der Waals surface area contributed by atoms with E-state index >= 15 is 0 Å². The highest BCUT2D eigenvalue weighted by Gasteiger charge is 2.14. The van der Waals surface area contributed by atoms with E-state index in [-0.39, 0.29) is 12.2 Å². The first-order valence-electron chi connectivity index (χ1n) is 18.8. The molecule has 0 saturated carbocycles. The monoisotopic (exact) mass is 598 g/mol. The Kier molecular flexibility index (Phi) is 35.7. The van der Waals surface area contributed by atoms with Crippen LogP contribution in [-0.2, 0) is 14.2 Å². The van der Waals surface area contributed by atoms with Gasteiger partial charge in [-0.2, -0.15) is 0 Å². The van der Waals surface area contributed by atoms with Crippen LogP contribution in [0.5, 0.6) is 0 Å². The molecule has 0 bridgehead atoms. The van der Waals surface area contributed by atoms with E-state index in [0.29, 0.717) is 26.4 Å². The molecule has 0 aromatic carbocycles. The highest BCUT2D eigenvalue weighted by atomic mass is 16.6. The van der Waals surface area contributed by atoms with E-state index in [4.69, 9.17) is 14.2 Å². The number of carbonyl (C=O) groups excluding carboxylic acids is 1. The summed E-state index contributed by atoms with van der Waals surface area (Å²) in [6, 6.07) is 0. The van der Waals surface area contributed by atoms with Crippen LogP contribution >= 0.6 is 0 Å². The van der Waals surface area contributed by atoms with Crippen LogP contribution in [0.25, 0.3) is 0 Å². The van der Waals surface area contributed by atoms with Gasteiger partial charge in [0.25, 0.3) is 0 Å². The van der Waals surface area contributed by atoms with E-state index in [1.165, 1.54) is 161 Å². The molecule has 0 aliphatic rings. The lowest BCUT2D eigenvalue weighted by molar-refractivity contribution is 0.0670. The molecule has 1 atom stereocenters. The van der Waals surface area contributed by atoms with Gasteiger partial charge in [0.1, 0.15) is 6.10 Å². The Morgan fingerprint density at radius 2 is 0.881 bits per heavy atom. The highest BCUT2D eigenvalue weighted by Crippen LogP contribution is 2.18. The molecule has 0 fully saturated rings. The lowest BCUT2D eigenvalue weighted by atomic mass is 10.0. The fourth-order valence-electron chi connectivity index (χ4n) is 5.67. The van der Waals surface area contributed by atoms with E-state index < -0.39 is 0 Å². The van der Waals surface area contributed by atoms with Gasteiger partial charge < -0.3 is 19.5 Å². The summed E-state index contributed by atoms with van der Waals surface area (Å²) < 4.78 is 16.4. The van der Waals surface area contributed by atoms with Crippen LogP contribution in [0.1, 0.15) is 194 Å². The van der Waals surface area contributed by atoms with Gasteiger partial charge in [0.15, 0.2) is 0 Å². The molecule has 0 heterocycles. The van der Waals surface area contributed by atoms with Gasteiger partial charge in [0.05, 0.1) is 13.2 Å². The summed E-state index contributed by atoms with van der Waals surface area (Å²) in [4.78, 5) is 12.4. The molecule has 0 aromatic rings. The molecule has 5 nitrogen and oxygen atoms in total. The number of rotatable bonds is 35. The van der Waals surface area contributed by atoms with Crippen molar-refractivity contribution in [2.45, 2.75) is 200 Å². The lowest BCUT2D eigenvalue weighted by Gasteiger charge is -2.18. The number of hydrogen-bond donors (Lipinski definition) is 1. The largest absolute Gasteiger partial charge is 0.446 e. The van der Waals surface area contributed by atoms with Crippen LogP contribution in [0.3, 0.4) is 0 Å². The zero-order chi connectivity index (χ0) is 30.6. The third kappa shape index (κ3) is 33.7. The number of hydrogen-bond acceptors (Lipinski definition) is 4. The standard InChI is InChI=1S/C37H75NO4/c1-4-6-8-10-12-14-16-18-20-22-24-26-28-31-36(42-37(39)38-32-29-33-41-35-34-40-3)30-27-25-23-21-19-17-15-13-11-9-7-5-2/h36H,4-35H2,1-3H3,(H,38,39). The van der Waals surface area contributed by atoms with Gasteiger partial charge in [-0.05, 0) is 32.1 Å². The maximum Gasteiger partial charge on any atom is 0.407 e. The minimum absolute atomic E-state index is 0.0544. The molecule has 0 radical (unpaired) electrons. The molecular formula is C37H75NO4. The van der Waals surface area contributed by atoms with Gasteiger partial charge in [-0.15, -0.1) is 0 Å². The van der Waals surface area contributed by atoms with E-state index in [0.717, 1.165) is 19.3 Å². The molecule has 1 amide bonds. The van der Waals surface area contributed by atoms with Crippen LogP contribution in [0.4, 0.5) is 4.79 Å². The topological polar surface area (TPSA) is 56.8 Å². The van der Waals surface area contributed by atoms with Crippen LogP contribution in [0.2, 0.25) is 0 Å². The Hall–Kier alpha value is -0.810. The molecule has 1 N–H and O–H groups in total. The Labute approximate surface area is 263 Å². The van der Waals surface area contributed by atoms with Gasteiger partial charge in [-0.1, -0.05) is 162 Å². The molecule has 0 aliphatic heterocycles. The summed E-state index contributed by atoms with van der Waals surface area (Å²) in [6.07, 6.45) is 36.6. The number of methoxy groups -OCH3 is 1. The lowest BCUT2D eigenvalue weighted by Crippen LogP contribution is -2.30. The zero-order valence-electron chi connectivity index (χ0n) is 28.8. The second-order valence-electron chi connectivity index (χ2n) is 12.6. The molecule has 1 unspecified atom stereocenters. The summed E-state index contributed by atoms with van der Waals surface area (Å²) in [5, 5.41) is 2.93. The van der Waals surface area contributed by atoms with Crippen molar-refractivity contribution >= 4 is 6.09 Å². The molecule has 252 valence electrons. The molecule has 0 aromatic heterocycles. The van der Waals surface area contributed by atoms with Crippen molar-refractivity contribution in [3.8, 4) is 0 Å².